The SMILES string of the molecule is CN(C)C(=O)CN1C[C@@H]2CC[C@H](C1)N(C(=O)c1ccc(F)c(F)c1)C2. The minimum atomic E-state index is -1.01. The van der Waals surface area contributed by atoms with Crippen molar-refractivity contribution in [3.05, 3.63) is 35.4 Å². The summed E-state index contributed by atoms with van der Waals surface area (Å²) in [6.45, 7) is 2.34. The third-order valence-corrected chi connectivity index (χ3v) is 5.07. The molecule has 3 fully saturated rings. The summed E-state index contributed by atoms with van der Waals surface area (Å²) in [6.07, 6.45) is 1.88. The van der Waals surface area contributed by atoms with Gasteiger partial charge in [-0.2, -0.15) is 0 Å². The molecule has 3 aliphatic heterocycles. The van der Waals surface area contributed by atoms with Crippen molar-refractivity contribution in [2.75, 3.05) is 40.3 Å². The number of carbonyl (C=O) groups is 2. The first-order valence-corrected chi connectivity index (χ1v) is 8.53. The summed E-state index contributed by atoms with van der Waals surface area (Å²) in [6, 6.07) is 3.27. The fourth-order valence-electron chi connectivity index (χ4n) is 3.68. The number of fused-ring (bicyclic) bond motifs is 4. The van der Waals surface area contributed by atoms with E-state index in [9.17, 15) is 18.4 Å². The highest BCUT2D eigenvalue weighted by molar-refractivity contribution is 5.94. The van der Waals surface area contributed by atoms with Crippen LogP contribution < -0.4 is 0 Å². The van der Waals surface area contributed by atoms with Gasteiger partial charge < -0.3 is 9.80 Å². The summed E-state index contributed by atoms with van der Waals surface area (Å²) in [5, 5.41) is 0. The summed E-state index contributed by atoms with van der Waals surface area (Å²) in [7, 11) is 3.46. The van der Waals surface area contributed by atoms with Gasteiger partial charge in [-0.25, -0.2) is 8.78 Å². The van der Waals surface area contributed by atoms with E-state index in [-0.39, 0.29) is 23.4 Å². The van der Waals surface area contributed by atoms with Gasteiger partial charge >= 0.3 is 0 Å². The van der Waals surface area contributed by atoms with Crippen LogP contribution in [0.1, 0.15) is 23.2 Å². The normalized spacial score (nSPS) is 23.4. The zero-order chi connectivity index (χ0) is 18.1. The Kier molecular flexibility index (Phi) is 5.03. The Balaban J connectivity index is 1.75. The monoisotopic (exact) mass is 351 g/mol. The number of rotatable bonds is 3. The molecule has 0 aliphatic carbocycles. The molecule has 2 amide bonds. The molecule has 0 spiro atoms. The zero-order valence-corrected chi connectivity index (χ0v) is 14.5. The quantitative estimate of drug-likeness (QED) is 0.831. The van der Waals surface area contributed by atoms with Gasteiger partial charge in [-0.15, -0.1) is 0 Å². The molecule has 2 atom stereocenters. The van der Waals surface area contributed by atoms with Gasteiger partial charge in [0.2, 0.25) is 5.91 Å². The minimum absolute atomic E-state index is 0.00525. The molecule has 0 radical (unpaired) electrons. The summed E-state index contributed by atoms with van der Waals surface area (Å²) in [5.74, 6) is -1.90. The average Bonchev–Trinajstić information content (AvgIpc) is 2.87. The molecule has 25 heavy (non-hydrogen) atoms. The lowest BCUT2D eigenvalue weighted by Gasteiger charge is -2.36. The van der Waals surface area contributed by atoms with Crippen molar-refractivity contribution >= 4 is 11.8 Å². The van der Waals surface area contributed by atoms with Crippen molar-refractivity contribution in [3.8, 4) is 0 Å². The lowest BCUT2D eigenvalue weighted by Crippen LogP contribution is -2.47. The van der Waals surface area contributed by atoms with Crippen molar-refractivity contribution in [2.45, 2.75) is 18.9 Å². The number of hydrogen-bond donors (Lipinski definition) is 0. The third kappa shape index (κ3) is 3.81. The maximum Gasteiger partial charge on any atom is 0.254 e. The number of hydrogen-bond acceptors (Lipinski definition) is 3. The fourth-order valence-corrected chi connectivity index (χ4v) is 3.68. The van der Waals surface area contributed by atoms with Gasteiger partial charge in [-0.1, -0.05) is 0 Å². The molecule has 5 nitrogen and oxygen atoms in total. The predicted octanol–water partition coefficient (Wildman–Crippen LogP) is 1.59. The molecule has 136 valence electrons. The Morgan fingerprint density at radius 3 is 2.56 bits per heavy atom. The number of benzene rings is 1. The number of likely N-dealkylation sites (N-methyl/N-ethyl adjacent to an activating group) is 1. The number of amides is 2. The van der Waals surface area contributed by atoms with Crippen LogP contribution in [0.3, 0.4) is 0 Å². The van der Waals surface area contributed by atoms with Gasteiger partial charge in [0.1, 0.15) is 0 Å². The minimum Gasteiger partial charge on any atom is -0.348 e. The van der Waals surface area contributed by atoms with Crippen molar-refractivity contribution in [3.63, 3.8) is 0 Å². The first-order chi connectivity index (χ1) is 11.8. The van der Waals surface area contributed by atoms with E-state index in [2.05, 4.69) is 4.90 Å². The molecule has 1 aromatic rings. The Morgan fingerprint density at radius 2 is 1.88 bits per heavy atom. The van der Waals surface area contributed by atoms with Crippen molar-refractivity contribution in [2.24, 2.45) is 5.92 Å². The number of nitrogens with zero attached hydrogens (tertiary/aromatic N) is 3. The molecule has 1 aromatic carbocycles. The van der Waals surface area contributed by atoms with Crippen LogP contribution in [-0.4, -0.2) is 72.8 Å². The molecule has 0 saturated carbocycles. The summed E-state index contributed by atoms with van der Waals surface area (Å²) in [5.41, 5.74) is 0.169. The van der Waals surface area contributed by atoms with Crippen LogP contribution in [0.2, 0.25) is 0 Å². The Hall–Kier alpha value is -2.02. The van der Waals surface area contributed by atoms with Crippen LogP contribution >= 0.6 is 0 Å². The van der Waals surface area contributed by atoms with Crippen molar-refractivity contribution in [1.82, 2.24) is 14.7 Å². The molecule has 2 bridgehead atoms. The van der Waals surface area contributed by atoms with Gasteiger partial charge in [-0.05, 0) is 37.0 Å². The number of halogens is 2. The first-order valence-electron chi connectivity index (χ1n) is 8.53. The average molecular weight is 351 g/mol. The van der Waals surface area contributed by atoms with E-state index in [0.717, 1.165) is 31.5 Å². The predicted molar refractivity (Wildman–Crippen MR) is 89.0 cm³/mol. The molecule has 7 heteroatoms. The van der Waals surface area contributed by atoms with Crippen LogP contribution in [0, 0.1) is 17.6 Å². The first kappa shape index (κ1) is 17.8. The van der Waals surface area contributed by atoms with E-state index in [1.165, 1.54) is 6.07 Å². The maximum atomic E-state index is 13.5. The Morgan fingerprint density at radius 1 is 1.12 bits per heavy atom. The standard InChI is InChI=1S/C18H23F2N3O2/c1-21(2)17(24)11-22-8-12-3-5-14(10-22)23(9-12)18(25)13-4-6-15(19)16(20)7-13/h4,6-7,12,14H,3,5,8-11H2,1-2H3/t12-,14+/m0/s1. The van der Waals surface area contributed by atoms with Crippen LogP contribution in [0.25, 0.3) is 0 Å². The summed E-state index contributed by atoms with van der Waals surface area (Å²) in [4.78, 5) is 30.2. The lowest BCUT2D eigenvalue weighted by atomic mass is 9.94. The van der Waals surface area contributed by atoms with E-state index in [4.69, 9.17) is 0 Å². The molecule has 3 heterocycles. The van der Waals surface area contributed by atoms with Gasteiger partial charge in [-0.3, -0.25) is 14.5 Å². The van der Waals surface area contributed by atoms with Gasteiger partial charge in [0, 0.05) is 45.3 Å². The Labute approximate surface area is 146 Å². The summed E-state index contributed by atoms with van der Waals surface area (Å²) >= 11 is 0. The molecule has 3 saturated heterocycles. The second kappa shape index (κ2) is 7.07. The summed E-state index contributed by atoms with van der Waals surface area (Å²) < 4.78 is 26.6. The molecule has 0 unspecified atom stereocenters. The second-order valence-corrected chi connectivity index (χ2v) is 7.17. The van der Waals surface area contributed by atoms with E-state index < -0.39 is 11.6 Å². The zero-order valence-electron chi connectivity index (χ0n) is 14.5. The highest BCUT2D eigenvalue weighted by Gasteiger charge is 2.38. The largest absolute Gasteiger partial charge is 0.348 e. The van der Waals surface area contributed by atoms with Gasteiger partial charge in [0.25, 0.3) is 5.91 Å². The van der Waals surface area contributed by atoms with Crippen molar-refractivity contribution in [1.29, 1.82) is 0 Å². The van der Waals surface area contributed by atoms with E-state index in [0.29, 0.717) is 25.6 Å². The van der Waals surface area contributed by atoms with E-state index in [1.54, 1.807) is 23.9 Å². The number of piperidine rings is 1. The van der Waals surface area contributed by atoms with Crippen LogP contribution in [0.4, 0.5) is 8.78 Å². The number of carbonyl (C=O) groups excluding carboxylic acids is 2. The van der Waals surface area contributed by atoms with E-state index in [1.807, 2.05) is 0 Å². The van der Waals surface area contributed by atoms with Crippen LogP contribution in [0.15, 0.2) is 18.2 Å². The van der Waals surface area contributed by atoms with Crippen LogP contribution in [-0.2, 0) is 4.79 Å². The Bertz CT molecular complexity index is 680. The second-order valence-electron chi connectivity index (χ2n) is 7.17. The topological polar surface area (TPSA) is 43.9 Å². The molecule has 0 N–H and O–H groups in total. The van der Waals surface area contributed by atoms with E-state index >= 15 is 0 Å². The lowest BCUT2D eigenvalue weighted by molar-refractivity contribution is -0.129. The maximum absolute atomic E-state index is 13.5. The van der Waals surface area contributed by atoms with Gasteiger partial charge in [0.05, 0.1) is 6.54 Å². The highest BCUT2D eigenvalue weighted by Crippen LogP contribution is 2.29. The smallest absolute Gasteiger partial charge is 0.254 e. The van der Waals surface area contributed by atoms with Crippen LogP contribution in [0.5, 0.6) is 0 Å². The molecule has 4 rings (SSSR count). The fraction of sp³-hybridized carbons (Fsp3) is 0.556. The molecular weight excluding hydrogens is 328 g/mol. The van der Waals surface area contributed by atoms with Gasteiger partial charge in [0.15, 0.2) is 11.6 Å². The van der Waals surface area contributed by atoms with Crippen molar-refractivity contribution < 1.29 is 18.4 Å². The molecule has 0 aromatic heterocycles. The highest BCUT2D eigenvalue weighted by atomic mass is 19.2. The molecular formula is C18H23F2N3O2. The third-order valence-electron chi connectivity index (χ3n) is 5.07. The molecule has 3 aliphatic rings.